The van der Waals surface area contributed by atoms with E-state index < -0.39 is 0 Å². The van der Waals surface area contributed by atoms with Gasteiger partial charge in [0.05, 0.1) is 5.52 Å². The maximum Gasteiger partial charge on any atom is 0.252 e. The van der Waals surface area contributed by atoms with Crippen molar-refractivity contribution in [2.75, 3.05) is 5.32 Å². The summed E-state index contributed by atoms with van der Waals surface area (Å²) in [6, 6.07) is 9.30. The van der Waals surface area contributed by atoms with Crippen molar-refractivity contribution in [1.82, 2.24) is 29.9 Å². The Hall–Kier alpha value is -3.29. The summed E-state index contributed by atoms with van der Waals surface area (Å²) < 4.78 is 1.83. The highest BCUT2D eigenvalue weighted by Gasteiger charge is 2.20. The van der Waals surface area contributed by atoms with E-state index in [0.717, 1.165) is 47.8 Å². The standard InChI is InChI=1S/C18H17N7O/c26-16-8-5-11-10-19-18(21-17(11)25(16)13-3-1-2-4-13)20-12-6-7-14-15(9-12)23-24-22-14/h5-10,13H,1-4H2,(H,19,20,21)(H,22,23,24). The average Bonchev–Trinajstić information content (AvgIpc) is 3.32. The van der Waals surface area contributed by atoms with Crippen molar-refractivity contribution < 1.29 is 0 Å². The number of nitrogens with zero attached hydrogens (tertiary/aromatic N) is 5. The van der Waals surface area contributed by atoms with Crippen molar-refractivity contribution in [3.8, 4) is 0 Å². The van der Waals surface area contributed by atoms with Crippen molar-refractivity contribution in [2.45, 2.75) is 31.7 Å². The van der Waals surface area contributed by atoms with Gasteiger partial charge in [0.2, 0.25) is 5.95 Å². The van der Waals surface area contributed by atoms with E-state index in [1.807, 2.05) is 22.8 Å². The smallest absolute Gasteiger partial charge is 0.252 e. The highest BCUT2D eigenvalue weighted by molar-refractivity contribution is 5.80. The lowest BCUT2D eigenvalue weighted by Crippen LogP contribution is -2.23. The second-order valence-electron chi connectivity index (χ2n) is 6.62. The zero-order chi connectivity index (χ0) is 17.5. The molecule has 8 nitrogen and oxygen atoms in total. The third-order valence-corrected chi connectivity index (χ3v) is 4.94. The van der Waals surface area contributed by atoms with E-state index >= 15 is 0 Å². The Kier molecular flexibility index (Phi) is 3.41. The first kappa shape index (κ1) is 15.0. The number of aromatic amines is 1. The quantitative estimate of drug-likeness (QED) is 0.591. The minimum atomic E-state index is -0.00179. The van der Waals surface area contributed by atoms with E-state index in [9.17, 15) is 4.79 Å². The molecule has 4 aromatic rings. The van der Waals surface area contributed by atoms with Crippen LogP contribution in [-0.4, -0.2) is 29.9 Å². The van der Waals surface area contributed by atoms with E-state index in [0.29, 0.717) is 11.6 Å². The Morgan fingerprint density at radius 2 is 2.04 bits per heavy atom. The van der Waals surface area contributed by atoms with Crippen molar-refractivity contribution in [1.29, 1.82) is 0 Å². The summed E-state index contributed by atoms with van der Waals surface area (Å²) in [6.07, 6.45) is 6.11. The number of benzene rings is 1. The minimum absolute atomic E-state index is 0.00179. The van der Waals surface area contributed by atoms with Crippen LogP contribution in [0, 0.1) is 0 Å². The fourth-order valence-electron chi connectivity index (χ4n) is 3.66. The molecule has 0 amide bonds. The third-order valence-electron chi connectivity index (χ3n) is 4.94. The predicted molar refractivity (Wildman–Crippen MR) is 98.5 cm³/mol. The SMILES string of the molecule is O=c1ccc2cnc(Nc3ccc4[nH]nnc4c3)nc2n1C1CCCC1. The Labute approximate surface area is 148 Å². The third kappa shape index (κ3) is 2.50. The molecule has 0 spiro atoms. The molecule has 3 aromatic heterocycles. The molecular weight excluding hydrogens is 330 g/mol. The van der Waals surface area contributed by atoms with Gasteiger partial charge in [-0.25, -0.2) is 4.98 Å². The fraction of sp³-hybridized carbons (Fsp3) is 0.278. The molecule has 1 aliphatic carbocycles. The van der Waals surface area contributed by atoms with E-state index in [1.165, 1.54) is 0 Å². The van der Waals surface area contributed by atoms with E-state index in [1.54, 1.807) is 18.3 Å². The van der Waals surface area contributed by atoms with Gasteiger partial charge < -0.3 is 5.32 Å². The van der Waals surface area contributed by atoms with Crippen LogP contribution in [0.25, 0.3) is 22.1 Å². The van der Waals surface area contributed by atoms with E-state index in [-0.39, 0.29) is 11.6 Å². The van der Waals surface area contributed by atoms with Crippen molar-refractivity contribution in [2.24, 2.45) is 0 Å². The average molecular weight is 347 g/mol. The van der Waals surface area contributed by atoms with Gasteiger partial charge in [-0.3, -0.25) is 14.5 Å². The number of H-pyrrole nitrogens is 1. The minimum Gasteiger partial charge on any atom is -0.324 e. The lowest BCUT2D eigenvalue weighted by Gasteiger charge is -2.16. The van der Waals surface area contributed by atoms with Crippen LogP contribution in [-0.2, 0) is 0 Å². The first-order chi connectivity index (χ1) is 12.8. The van der Waals surface area contributed by atoms with Crippen molar-refractivity contribution in [3.63, 3.8) is 0 Å². The molecule has 130 valence electrons. The van der Waals surface area contributed by atoms with Crippen LogP contribution < -0.4 is 10.9 Å². The molecule has 0 saturated heterocycles. The van der Waals surface area contributed by atoms with Crippen LogP contribution in [0.5, 0.6) is 0 Å². The van der Waals surface area contributed by atoms with Crippen LogP contribution in [0.2, 0.25) is 0 Å². The number of fused-ring (bicyclic) bond motifs is 2. The van der Waals surface area contributed by atoms with Gasteiger partial charge in [0.25, 0.3) is 5.56 Å². The molecule has 0 unspecified atom stereocenters. The van der Waals surface area contributed by atoms with Gasteiger partial charge in [-0.2, -0.15) is 4.98 Å². The summed E-state index contributed by atoms with van der Waals surface area (Å²) in [6.45, 7) is 0. The predicted octanol–water partition coefficient (Wildman–Crippen LogP) is 2.92. The number of aromatic nitrogens is 6. The lowest BCUT2D eigenvalue weighted by molar-refractivity contribution is 0.516. The van der Waals surface area contributed by atoms with Gasteiger partial charge in [-0.05, 0) is 37.1 Å². The second kappa shape index (κ2) is 5.91. The molecular formula is C18H17N7O. The summed E-state index contributed by atoms with van der Waals surface area (Å²) in [5, 5.41) is 14.7. The zero-order valence-electron chi connectivity index (χ0n) is 14.0. The van der Waals surface area contributed by atoms with E-state index in [2.05, 4.69) is 30.7 Å². The van der Waals surface area contributed by atoms with Gasteiger partial charge in [0.1, 0.15) is 11.2 Å². The Balaban J connectivity index is 1.57. The fourth-order valence-corrected chi connectivity index (χ4v) is 3.66. The molecule has 1 saturated carbocycles. The van der Waals surface area contributed by atoms with Crippen LogP contribution in [0.1, 0.15) is 31.7 Å². The summed E-state index contributed by atoms with van der Waals surface area (Å²) >= 11 is 0. The van der Waals surface area contributed by atoms with E-state index in [4.69, 9.17) is 0 Å². The molecule has 0 bridgehead atoms. The number of hydrogen-bond donors (Lipinski definition) is 2. The number of anilines is 2. The van der Waals surface area contributed by atoms with Crippen LogP contribution in [0.4, 0.5) is 11.6 Å². The lowest BCUT2D eigenvalue weighted by atomic mass is 10.2. The Bertz CT molecular complexity index is 1160. The molecule has 0 atom stereocenters. The maximum absolute atomic E-state index is 12.5. The molecule has 1 aromatic carbocycles. The largest absolute Gasteiger partial charge is 0.324 e. The summed E-state index contributed by atoms with van der Waals surface area (Å²) in [7, 11) is 0. The number of hydrogen-bond acceptors (Lipinski definition) is 6. The Morgan fingerprint density at radius 1 is 1.15 bits per heavy atom. The van der Waals surface area contributed by atoms with Gasteiger partial charge in [-0.15, -0.1) is 5.10 Å². The first-order valence-electron chi connectivity index (χ1n) is 8.74. The number of pyridine rings is 1. The molecule has 3 heterocycles. The number of nitrogens with one attached hydrogen (secondary N) is 2. The molecule has 8 heteroatoms. The van der Waals surface area contributed by atoms with Crippen LogP contribution >= 0.6 is 0 Å². The first-order valence-corrected chi connectivity index (χ1v) is 8.74. The molecule has 0 radical (unpaired) electrons. The van der Waals surface area contributed by atoms with Crippen molar-refractivity contribution in [3.05, 3.63) is 46.9 Å². The highest BCUT2D eigenvalue weighted by Crippen LogP contribution is 2.30. The summed E-state index contributed by atoms with van der Waals surface area (Å²) in [5.41, 5.74) is 3.13. The normalized spacial score (nSPS) is 15.1. The molecule has 5 rings (SSSR count). The van der Waals surface area contributed by atoms with Gasteiger partial charge >= 0.3 is 0 Å². The maximum atomic E-state index is 12.5. The topological polar surface area (TPSA) is 101 Å². The second-order valence-corrected chi connectivity index (χ2v) is 6.62. The van der Waals surface area contributed by atoms with Crippen molar-refractivity contribution >= 4 is 33.7 Å². The zero-order valence-corrected chi connectivity index (χ0v) is 14.0. The molecule has 1 fully saturated rings. The van der Waals surface area contributed by atoms with Gasteiger partial charge in [0.15, 0.2) is 0 Å². The Morgan fingerprint density at radius 3 is 2.92 bits per heavy atom. The highest BCUT2D eigenvalue weighted by atomic mass is 16.1. The van der Waals surface area contributed by atoms with Crippen LogP contribution in [0.3, 0.4) is 0 Å². The number of rotatable bonds is 3. The molecule has 2 N–H and O–H groups in total. The van der Waals surface area contributed by atoms with Gasteiger partial charge in [0, 0.05) is 29.4 Å². The molecule has 26 heavy (non-hydrogen) atoms. The summed E-state index contributed by atoms with van der Waals surface area (Å²) in [4.78, 5) is 21.5. The molecule has 0 aliphatic heterocycles. The monoisotopic (exact) mass is 347 g/mol. The van der Waals surface area contributed by atoms with Crippen LogP contribution in [0.15, 0.2) is 41.3 Å². The summed E-state index contributed by atoms with van der Waals surface area (Å²) in [5.74, 6) is 0.456. The molecule has 1 aliphatic rings. The van der Waals surface area contributed by atoms with Gasteiger partial charge in [-0.1, -0.05) is 18.1 Å².